The number of hydrogen-bond acceptors (Lipinski definition) is 5. The summed E-state index contributed by atoms with van der Waals surface area (Å²) in [5.41, 5.74) is 6.28. The highest BCUT2D eigenvalue weighted by Gasteiger charge is 2.30. The van der Waals surface area contributed by atoms with Crippen molar-refractivity contribution in [3.8, 4) is 22.4 Å². The molecular weight excluding hydrogens is 518 g/mol. The van der Waals surface area contributed by atoms with Gasteiger partial charge in [0, 0.05) is 41.9 Å². The standard InChI is InChI=1S/C28H30BrN5O2/c1-18-24(29)25(20-12-14-33(15-13-20)27(35)36-28(2,3)4)32-26-22(17-31-34(18)26)21-10-11-23(30-16-21)19-8-6-5-7-9-19/h5-11,16-17,20H,12-15H2,1-4H3. The number of ether oxygens (including phenoxy) is 1. The van der Waals surface area contributed by atoms with Gasteiger partial charge in [-0.1, -0.05) is 36.4 Å². The molecule has 0 spiro atoms. The number of fused-ring (bicyclic) bond motifs is 1. The van der Waals surface area contributed by atoms with Gasteiger partial charge >= 0.3 is 6.09 Å². The van der Waals surface area contributed by atoms with Crippen molar-refractivity contribution in [1.82, 2.24) is 24.5 Å². The molecule has 1 saturated heterocycles. The van der Waals surface area contributed by atoms with Crippen molar-refractivity contribution >= 4 is 27.7 Å². The molecule has 4 heterocycles. The molecule has 7 nitrogen and oxygen atoms in total. The normalized spacial score (nSPS) is 14.9. The predicted octanol–water partition coefficient (Wildman–Crippen LogP) is 6.64. The second-order valence-corrected chi connectivity index (χ2v) is 11.0. The van der Waals surface area contributed by atoms with Crippen LogP contribution in [0.15, 0.2) is 59.3 Å². The quantitative estimate of drug-likeness (QED) is 0.287. The number of carbonyl (C=O) groups excluding carboxylic acids is 1. The minimum absolute atomic E-state index is 0.239. The average Bonchev–Trinajstić information content (AvgIpc) is 3.30. The summed E-state index contributed by atoms with van der Waals surface area (Å²) in [6.45, 7) is 9.02. The number of carbonyl (C=O) groups is 1. The molecule has 1 fully saturated rings. The molecule has 3 aromatic heterocycles. The van der Waals surface area contributed by atoms with E-state index in [0.29, 0.717) is 13.1 Å². The Bertz CT molecular complexity index is 1390. The Morgan fingerprint density at radius 1 is 1.03 bits per heavy atom. The Kier molecular flexibility index (Phi) is 6.55. The lowest BCUT2D eigenvalue weighted by molar-refractivity contribution is 0.0204. The van der Waals surface area contributed by atoms with E-state index in [0.717, 1.165) is 56.7 Å². The predicted molar refractivity (Wildman–Crippen MR) is 144 cm³/mol. The maximum atomic E-state index is 12.5. The van der Waals surface area contributed by atoms with Gasteiger partial charge in [0.1, 0.15) is 5.60 Å². The maximum Gasteiger partial charge on any atom is 0.410 e. The van der Waals surface area contributed by atoms with E-state index < -0.39 is 5.60 Å². The molecule has 0 N–H and O–H groups in total. The number of piperidine rings is 1. The largest absolute Gasteiger partial charge is 0.444 e. The van der Waals surface area contributed by atoms with Gasteiger partial charge in [-0.05, 0) is 62.5 Å². The summed E-state index contributed by atoms with van der Waals surface area (Å²) in [6.07, 6.45) is 5.16. The average molecular weight is 548 g/mol. The van der Waals surface area contributed by atoms with Crippen molar-refractivity contribution in [2.45, 2.75) is 52.1 Å². The molecule has 1 aromatic carbocycles. The van der Waals surface area contributed by atoms with E-state index in [-0.39, 0.29) is 12.0 Å². The monoisotopic (exact) mass is 547 g/mol. The number of pyridine rings is 1. The summed E-state index contributed by atoms with van der Waals surface area (Å²) in [6, 6.07) is 14.3. The second-order valence-electron chi connectivity index (χ2n) is 10.2. The highest BCUT2D eigenvalue weighted by Crippen LogP contribution is 2.36. The van der Waals surface area contributed by atoms with Crippen LogP contribution in [0.2, 0.25) is 0 Å². The number of nitrogens with zero attached hydrogens (tertiary/aromatic N) is 5. The molecule has 1 aliphatic rings. The Hall–Kier alpha value is -3.26. The first-order valence-corrected chi connectivity index (χ1v) is 13.0. The van der Waals surface area contributed by atoms with Gasteiger partial charge in [-0.2, -0.15) is 5.10 Å². The number of rotatable bonds is 3. The molecule has 5 rings (SSSR count). The van der Waals surface area contributed by atoms with Crippen LogP contribution in [0, 0.1) is 6.92 Å². The number of halogens is 1. The maximum absolute atomic E-state index is 12.5. The van der Waals surface area contributed by atoms with Gasteiger partial charge in [0.25, 0.3) is 0 Å². The van der Waals surface area contributed by atoms with E-state index in [4.69, 9.17) is 14.7 Å². The minimum Gasteiger partial charge on any atom is -0.444 e. The zero-order chi connectivity index (χ0) is 25.4. The van der Waals surface area contributed by atoms with Crippen LogP contribution >= 0.6 is 15.9 Å². The van der Waals surface area contributed by atoms with E-state index in [1.807, 2.05) is 68.9 Å². The molecule has 0 saturated carbocycles. The van der Waals surface area contributed by atoms with Crippen LogP contribution in [-0.4, -0.2) is 49.3 Å². The molecule has 1 amide bonds. The molecular formula is C28H30BrN5O2. The van der Waals surface area contributed by atoms with Crippen molar-refractivity contribution in [3.63, 3.8) is 0 Å². The first-order valence-electron chi connectivity index (χ1n) is 12.2. The number of likely N-dealkylation sites (tertiary alicyclic amines) is 1. The lowest BCUT2D eigenvalue weighted by Crippen LogP contribution is -2.41. The third-order valence-corrected chi connectivity index (χ3v) is 7.49. The lowest BCUT2D eigenvalue weighted by Gasteiger charge is -2.33. The number of amides is 1. The highest BCUT2D eigenvalue weighted by molar-refractivity contribution is 9.10. The lowest BCUT2D eigenvalue weighted by atomic mass is 9.93. The van der Waals surface area contributed by atoms with Crippen LogP contribution in [0.4, 0.5) is 4.79 Å². The van der Waals surface area contributed by atoms with E-state index in [1.165, 1.54) is 0 Å². The molecule has 36 heavy (non-hydrogen) atoms. The summed E-state index contributed by atoms with van der Waals surface area (Å²) >= 11 is 3.78. The summed E-state index contributed by atoms with van der Waals surface area (Å²) < 4.78 is 8.40. The molecule has 0 bridgehead atoms. The molecule has 186 valence electrons. The van der Waals surface area contributed by atoms with Gasteiger partial charge in [-0.15, -0.1) is 0 Å². The molecule has 0 aliphatic carbocycles. The Labute approximate surface area is 219 Å². The summed E-state index contributed by atoms with van der Waals surface area (Å²) in [5.74, 6) is 0.239. The van der Waals surface area contributed by atoms with Gasteiger partial charge < -0.3 is 9.64 Å². The fourth-order valence-corrected chi connectivity index (χ4v) is 5.19. The van der Waals surface area contributed by atoms with Gasteiger partial charge in [-0.25, -0.2) is 14.3 Å². The van der Waals surface area contributed by atoms with Crippen LogP contribution in [0.1, 0.15) is 50.9 Å². The van der Waals surface area contributed by atoms with Crippen molar-refractivity contribution in [2.75, 3.05) is 13.1 Å². The summed E-state index contributed by atoms with van der Waals surface area (Å²) in [7, 11) is 0. The van der Waals surface area contributed by atoms with Crippen molar-refractivity contribution in [2.24, 2.45) is 0 Å². The van der Waals surface area contributed by atoms with Gasteiger partial charge in [0.2, 0.25) is 0 Å². The molecule has 0 unspecified atom stereocenters. The van der Waals surface area contributed by atoms with Gasteiger partial charge in [0.15, 0.2) is 5.65 Å². The smallest absolute Gasteiger partial charge is 0.410 e. The third-order valence-electron chi connectivity index (χ3n) is 6.51. The third kappa shape index (κ3) is 4.87. The van der Waals surface area contributed by atoms with Crippen LogP contribution in [-0.2, 0) is 4.74 Å². The number of aromatic nitrogens is 4. The topological polar surface area (TPSA) is 72.6 Å². The Morgan fingerprint density at radius 3 is 2.39 bits per heavy atom. The zero-order valence-corrected chi connectivity index (χ0v) is 22.6. The van der Waals surface area contributed by atoms with Crippen LogP contribution < -0.4 is 0 Å². The first kappa shape index (κ1) is 24.4. The first-order chi connectivity index (χ1) is 17.2. The highest BCUT2D eigenvalue weighted by atomic mass is 79.9. The van der Waals surface area contributed by atoms with Gasteiger partial charge in [0.05, 0.1) is 27.8 Å². The fraction of sp³-hybridized carbons (Fsp3) is 0.357. The molecule has 0 radical (unpaired) electrons. The molecule has 0 atom stereocenters. The van der Waals surface area contributed by atoms with Crippen LogP contribution in [0.3, 0.4) is 0 Å². The zero-order valence-electron chi connectivity index (χ0n) is 21.0. The Morgan fingerprint density at radius 2 is 1.75 bits per heavy atom. The van der Waals surface area contributed by atoms with Crippen LogP contribution in [0.5, 0.6) is 0 Å². The van der Waals surface area contributed by atoms with Crippen molar-refractivity contribution in [3.05, 3.63) is 70.7 Å². The van der Waals surface area contributed by atoms with E-state index in [1.54, 1.807) is 4.90 Å². The van der Waals surface area contributed by atoms with Crippen molar-refractivity contribution < 1.29 is 9.53 Å². The van der Waals surface area contributed by atoms with Gasteiger partial charge in [-0.3, -0.25) is 4.98 Å². The Balaban J connectivity index is 1.41. The fourth-order valence-electron chi connectivity index (χ4n) is 4.61. The molecule has 8 heteroatoms. The summed E-state index contributed by atoms with van der Waals surface area (Å²) in [4.78, 5) is 24.1. The number of aryl methyl sites for hydroxylation is 1. The van der Waals surface area contributed by atoms with Crippen LogP contribution in [0.25, 0.3) is 28.0 Å². The molecule has 1 aliphatic heterocycles. The van der Waals surface area contributed by atoms with E-state index in [2.05, 4.69) is 39.2 Å². The molecule has 4 aromatic rings. The second kappa shape index (κ2) is 9.65. The summed E-state index contributed by atoms with van der Waals surface area (Å²) in [5, 5.41) is 4.62. The number of benzene rings is 1. The van der Waals surface area contributed by atoms with E-state index >= 15 is 0 Å². The van der Waals surface area contributed by atoms with E-state index in [9.17, 15) is 4.79 Å². The number of hydrogen-bond donors (Lipinski definition) is 0. The SMILES string of the molecule is Cc1c(Br)c(C2CCN(C(=O)OC(C)(C)C)CC2)nc2c(-c3ccc(-c4ccccc4)nc3)cnn12. The van der Waals surface area contributed by atoms with Crippen molar-refractivity contribution in [1.29, 1.82) is 0 Å². The minimum atomic E-state index is -0.493.